The van der Waals surface area contributed by atoms with Crippen LogP contribution < -0.4 is 10.1 Å². The van der Waals surface area contributed by atoms with E-state index in [0.717, 1.165) is 33.4 Å². The van der Waals surface area contributed by atoms with Crippen molar-refractivity contribution in [1.82, 2.24) is 10.3 Å². The van der Waals surface area contributed by atoms with Gasteiger partial charge in [-0.05, 0) is 46.0 Å². The standard InChI is InChI=1S/C30H26N2O5/c33-29(34)28(16-20-11-13-22(14-12-20)36-18-21-6-5-15-31-17-21)32-30(35)37-19-27-25-9-3-1-7-23(25)24-8-2-4-10-26(24)27/h1-15,17,27-28H,16,18-19H2,(H,32,35)(H,33,34)/t28-/m0/s1. The third-order valence-corrected chi connectivity index (χ3v) is 6.43. The third kappa shape index (κ3) is 5.62. The molecule has 1 aliphatic carbocycles. The molecule has 2 N–H and O–H groups in total. The molecule has 1 heterocycles. The van der Waals surface area contributed by atoms with Gasteiger partial charge in [0.15, 0.2) is 0 Å². The lowest BCUT2D eigenvalue weighted by Crippen LogP contribution is -2.42. The number of amides is 1. The van der Waals surface area contributed by atoms with Crippen LogP contribution in [-0.2, 0) is 22.6 Å². The first-order valence-electron chi connectivity index (χ1n) is 12.0. The number of carbonyl (C=O) groups excluding carboxylic acids is 1. The van der Waals surface area contributed by atoms with Crippen molar-refractivity contribution < 1.29 is 24.2 Å². The number of carboxylic acid groups (broad SMARTS) is 1. The Hall–Kier alpha value is -4.65. The summed E-state index contributed by atoms with van der Waals surface area (Å²) in [5.74, 6) is -0.574. The highest BCUT2D eigenvalue weighted by atomic mass is 16.5. The molecule has 0 bridgehead atoms. The first-order chi connectivity index (χ1) is 18.1. The number of hydrogen-bond acceptors (Lipinski definition) is 5. The van der Waals surface area contributed by atoms with Crippen molar-refractivity contribution in [3.8, 4) is 16.9 Å². The van der Waals surface area contributed by atoms with Crippen LogP contribution in [-0.4, -0.2) is 34.8 Å². The largest absolute Gasteiger partial charge is 0.489 e. The number of fused-ring (bicyclic) bond motifs is 3. The molecule has 0 radical (unpaired) electrons. The molecule has 0 unspecified atom stereocenters. The second kappa shape index (κ2) is 11.0. The van der Waals surface area contributed by atoms with Crippen LogP contribution in [0.1, 0.15) is 28.2 Å². The maximum absolute atomic E-state index is 12.6. The van der Waals surface area contributed by atoms with Crippen LogP contribution in [0, 0.1) is 0 Å². The van der Waals surface area contributed by atoms with Crippen LogP contribution in [0.25, 0.3) is 11.1 Å². The molecule has 0 fully saturated rings. The molecule has 5 rings (SSSR count). The summed E-state index contributed by atoms with van der Waals surface area (Å²) in [4.78, 5) is 28.5. The minimum absolute atomic E-state index is 0.0966. The fourth-order valence-electron chi connectivity index (χ4n) is 4.59. The van der Waals surface area contributed by atoms with E-state index < -0.39 is 18.1 Å². The fourth-order valence-corrected chi connectivity index (χ4v) is 4.59. The zero-order valence-electron chi connectivity index (χ0n) is 20.0. The van der Waals surface area contributed by atoms with Gasteiger partial charge in [0.1, 0.15) is 25.0 Å². The number of benzene rings is 3. The Morgan fingerprint density at radius 2 is 1.54 bits per heavy atom. The summed E-state index contributed by atoms with van der Waals surface area (Å²) in [6.45, 7) is 0.503. The summed E-state index contributed by atoms with van der Waals surface area (Å²) in [6, 6.07) is 25.9. The highest BCUT2D eigenvalue weighted by Gasteiger charge is 2.29. The van der Waals surface area contributed by atoms with Gasteiger partial charge in [-0.3, -0.25) is 4.98 Å². The maximum atomic E-state index is 12.6. The summed E-state index contributed by atoms with van der Waals surface area (Å²) in [5, 5.41) is 12.2. The minimum Gasteiger partial charge on any atom is -0.489 e. The number of carbonyl (C=O) groups is 2. The van der Waals surface area contributed by atoms with Crippen molar-refractivity contribution in [3.05, 3.63) is 120 Å². The second-order valence-electron chi connectivity index (χ2n) is 8.86. The Balaban J connectivity index is 1.17. The smallest absolute Gasteiger partial charge is 0.407 e. The van der Waals surface area contributed by atoms with E-state index in [1.165, 1.54) is 0 Å². The van der Waals surface area contributed by atoms with Gasteiger partial charge in [0.25, 0.3) is 0 Å². The molecule has 0 saturated carbocycles. The molecule has 1 atom stereocenters. The van der Waals surface area contributed by atoms with Gasteiger partial charge < -0.3 is 19.9 Å². The number of aliphatic carboxylic acids is 1. The molecule has 186 valence electrons. The van der Waals surface area contributed by atoms with Crippen LogP contribution in [0.5, 0.6) is 5.75 Å². The summed E-state index contributed by atoms with van der Waals surface area (Å²) < 4.78 is 11.3. The zero-order valence-corrected chi connectivity index (χ0v) is 20.0. The van der Waals surface area contributed by atoms with Crippen LogP contribution >= 0.6 is 0 Å². The number of nitrogens with one attached hydrogen (secondary N) is 1. The van der Waals surface area contributed by atoms with Gasteiger partial charge in [0, 0.05) is 30.3 Å². The third-order valence-electron chi connectivity index (χ3n) is 6.43. The van der Waals surface area contributed by atoms with Gasteiger partial charge in [-0.1, -0.05) is 66.7 Å². The van der Waals surface area contributed by atoms with Crippen LogP contribution in [0.2, 0.25) is 0 Å². The van der Waals surface area contributed by atoms with E-state index in [9.17, 15) is 14.7 Å². The van der Waals surface area contributed by atoms with E-state index >= 15 is 0 Å². The first kappa shape index (κ1) is 24.1. The van der Waals surface area contributed by atoms with E-state index in [-0.39, 0.29) is 18.9 Å². The second-order valence-corrected chi connectivity index (χ2v) is 8.86. The average molecular weight is 495 g/mol. The Bertz CT molecular complexity index is 1340. The van der Waals surface area contributed by atoms with Gasteiger partial charge in [0.05, 0.1) is 0 Å². The summed E-state index contributed by atoms with van der Waals surface area (Å²) in [7, 11) is 0. The van der Waals surface area contributed by atoms with Crippen molar-refractivity contribution >= 4 is 12.1 Å². The van der Waals surface area contributed by atoms with Crippen molar-refractivity contribution in [1.29, 1.82) is 0 Å². The van der Waals surface area contributed by atoms with Crippen molar-refractivity contribution in [2.75, 3.05) is 6.61 Å². The normalized spacial score (nSPS) is 12.8. The van der Waals surface area contributed by atoms with E-state index in [0.29, 0.717) is 12.4 Å². The lowest BCUT2D eigenvalue weighted by atomic mass is 9.98. The molecule has 1 aliphatic rings. The quantitative estimate of drug-likeness (QED) is 0.332. The van der Waals surface area contributed by atoms with Gasteiger partial charge in [-0.15, -0.1) is 0 Å². The topological polar surface area (TPSA) is 97.8 Å². The summed E-state index contributed by atoms with van der Waals surface area (Å²) in [6.07, 6.45) is 2.79. The number of nitrogens with zero attached hydrogens (tertiary/aromatic N) is 1. The Morgan fingerprint density at radius 3 is 2.16 bits per heavy atom. The molecule has 0 spiro atoms. The van der Waals surface area contributed by atoms with Crippen LogP contribution in [0.15, 0.2) is 97.3 Å². The van der Waals surface area contributed by atoms with Crippen molar-refractivity contribution in [3.63, 3.8) is 0 Å². The molecule has 3 aromatic carbocycles. The zero-order chi connectivity index (χ0) is 25.6. The first-order valence-corrected chi connectivity index (χ1v) is 12.0. The summed E-state index contributed by atoms with van der Waals surface area (Å²) in [5.41, 5.74) is 6.14. The van der Waals surface area contributed by atoms with Gasteiger partial charge in [0.2, 0.25) is 0 Å². The summed E-state index contributed by atoms with van der Waals surface area (Å²) >= 11 is 0. The monoisotopic (exact) mass is 494 g/mol. The van der Waals surface area contributed by atoms with E-state index in [4.69, 9.17) is 9.47 Å². The molecule has 0 aliphatic heterocycles. The molecular formula is C30H26N2O5. The van der Waals surface area contributed by atoms with E-state index in [1.54, 1.807) is 36.7 Å². The number of hydrogen-bond donors (Lipinski definition) is 2. The number of aromatic nitrogens is 1. The number of pyridine rings is 1. The molecule has 7 heteroatoms. The van der Waals surface area contributed by atoms with Crippen LogP contribution in [0.3, 0.4) is 0 Å². The molecule has 4 aromatic rings. The molecule has 1 amide bonds. The van der Waals surface area contributed by atoms with Gasteiger partial charge >= 0.3 is 12.1 Å². The number of alkyl carbamates (subject to hydrolysis) is 1. The maximum Gasteiger partial charge on any atom is 0.407 e. The lowest BCUT2D eigenvalue weighted by molar-refractivity contribution is -0.139. The highest BCUT2D eigenvalue weighted by molar-refractivity contribution is 5.81. The Kier molecular flexibility index (Phi) is 7.12. The van der Waals surface area contributed by atoms with E-state index in [1.807, 2.05) is 48.5 Å². The molecule has 1 aromatic heterocycles. The number of rotatable bonds is 9. The van der Waals surface area contributed by atoms with Gasteiger partial charge in [-0.2, -0.15) is 0 Å². The van der Waals surface area contributed by atoms with Crippen molar-refractivity contribution in [2.24, 2.45) is 0 Å². The van der Waals surface area contributed by atoms with Crippen LogP contribution in [0.4, 0.5) is 4.79 Å². The molecule has 0 saturated heterocycles. The predicted octanol–water partition coefficient (Wildman–Crippen LogP) is 5.20. The highest BCUT2D eigenvalue weighted by Crippen LogP contribution is 2.44. The Labute approximate surface area is 214 Å². The Morgan fingerprint density at radius 1 is 0.865 bits per heavy atom. The van der Waals surface area contributed by atoms with E-state index in [2.05, 4.69) is 22.4 Å². The minimum atomic E-state index is -1.13. The fraction of sp³-hybridized carbons (Fsp3) is 0.167. The number of ether oxygens (including phenoxy) is 2. The molecular weight excluding hydrogens is 468 g/mol. The van der Waals surface area contributed by atoms with Gasteiger partial charge in [-0.25, -0.2) is 9.59 Å². The number of carboxylic acids is 1. The molecule has 7 nitrogen and oxygen atoms in total. The SMILES string of the molecule is O=C(N[C@@H](Cc1ccc(OCc2cccnc2)cc1)C(=O)O)OCC1c2ccccc2-c2ccccc21. The lowest BCUT2D eigenvalue weighted by Gasteiger charge is -2.17. The predicted molar refractivity (Wildman–Crippen MR) is 138 cm³/mol. The average Bonchev–Trinajstić information content (AvgIpc) is 3.25. The molecule has 37 heavy (non-hydrogen) atoms. The van der Waals surface area contributed by atoms with Crippen molar-refractivity contribution in [2.45, 2.75) is 25.0 Å².